The molecule has 2 aromatic carbocycles. The number of rotatable bonds is 3. The summed E-state index contributed by atoms with van der Waals surface area (Å²) in [5.41, 5.74) is 4.98. The number of sulfone groups is 1. The molecule has 10 heteroatoms. The fraction of sp³-hybridized carbons (Fsp3) is 0.316. The number of hydrogen-bond donors (Lipinski definition) is 1. The van der Waals surface area contributed by atoms with Gasteiger partial charge in [0, 0.05) is 11.6 Å². The Kier molecular flexibility index (Phi) is 4.79. The van der Waals surface area contributed by atoms with E-state index in [4.69, 9.17) is 26.8 Å². The maximum Gasteiger partial charge on any atom is 0.247 e. The second-order valence-electron chi connectivity index (χ2n) is 6.94. The predicted octanol–water partition coefficient (Wildman–Crippen LogP) is 2.57. The van der Waals surface area contributed by atoms with Crippen LogP contribution in [-0.4, -0.2) is 33.6 Å². The monoisotopic (exact) mass is 443 g/mol. The van der Waals surface area contributed by atoms with Gasteiger partial charge < -0.3 is 15.2 Å². The van der Waals surface area contributed by atoms with Gasteiger partial charge in [-0.1, -0.05) is 11.6 Å². The molecule has 2 aliphatic rings. The summed E-state index contributed by atoms with van der Waals surface area (Å²) in [5.74, 6) is -4.40. The van der Waals surface area contributed by atoms with Gasteiger partial charge in [-0.25, -0.2) is 17.2 Å². The summed E-state index contributed by atoms with van der Waals surface area (Å²) in [6.07, 6.45) is -1.55. The van der Waals surface area contributed by atoms with Gasteiger partial charge in [-0.15, -0.1) is 0 Å². The van der Waals surface area contributed by atoms with E-state index in [1.54, 1.807) is 0 Å². The fourth-order valence-corrected chi connectivity index (χ4v) is 6.67. The third-order valence-electron chi connectivity index (χ3n) is 5.51. The summed E-state index contributed by atoms with van der Waals surface area (Å²) in [4.78, 5) is 11.8. The van der Waals surface area contributed by atoms with Crippen LogP contribution >= 0.6 is 11.6 Å². The second kappa shape index (κ2) is 6.93. The first-order chi connectivity index (χ1) is 13.7. The summed E-state index contributed by atoms with van der Waals surface area (Å²) in [7, 11) is -4.35. The Balaban J connectivity index is 2.05. The summed E-state index contributed by atoms with van der Waals surface area (Å²) >= 11 is 5.87. The van der Waals surface area contributed by atoms with E-state index in [1.165, 1.54) is 24.3 Å². The second-order valence-corrected chi connectivity index (χ2v) is 9.58. The summed E-state index contributed by atoms with van der Waals surface area (Å²) in [6, 6.07) is 7.03. The van der Waals surface area contributed by atoms with Crippen LogP contribution in [0.25, 0.3) is 0 Å². The normalized spacial score (nSPS) is 26.2. The molecule has 3 atom stereocenters. The van der Waals surface area contributed by atoms with Gasteiger partial charge in [-0.3, -0.25) is 4.79 Å². The van der Waals surface area contributed by atoms with E-state index in [0.29, 0.717) is 5.02 Å². The predicted molar refractivity (Wildman–Crippen MR) is 99.2 cm³/mol. The quantitative estimate of drug-likeness (QED) is 0.786. The van der Waals surface area contributed by atoms with Crippen LogP contribution in [0.4, 0.5) is 8.78 Å². The van der Waals surface area contributed by atoms with Crippen molar-refractivity contribution in [2.24, 2.45) is 11.7 Å². The summed E-state index contributed by atoms with van der Waals surface area (Å²) < 4.78 is 66.0. The third kappa shape index (κ3) is 2.83. The van der Waals surface area contributed by atoms with E-state index in [-0.39, 0.29) is 24.5 Å². The first-order valence-electron chi connectivity index (χ1n) is 8.72. The highest BCUT2D eigenvalue weighted by atomic mass is 35.5. The van der Waals surface area contributed by atoms with Gasteiger partial charge in [-0.05, 0) is 42.8 Å². The topological polar surface area (TPSA) is 95.7 Å². The molecule has 0 unspecified atom stereocenters. The van der Waals surface area contributed by atoms with Crippen LogP contribution in [0.2, 0.25) is 5.02 Å². The van der Waals surface area contributed by atoms with Crippen molar-refractivity contribution in [2.45, 2.75) is 22.2 Å². The minimum atomic E-state index is -4.35. The van der Waals surface area contributed by atoms with E-state index < -0.39 is 55.5 Å². The first kappa shape index (κ1) is 20.1. The molecule has 0 aliphatic carbocycles. The molecular weight excluding hydrogens is 428 g/mol. The lowest BCUT2D eigenvalue weighted by Crippen LogP contribution is -2.60. The average Bonchev–Trinajstić information content (AvgIpc) is 2.69. The minimum Gasteiger partial charge on any atom is -0.490 e. The van der Waals surface area contributed by atoms with Crippen molar-refractivity contribution in [2.75, 3.05) is 13.2 Å². The average molecular weight is 444 g/mol. The summed E-state index contributed by atoms with van der Waals surface area (Å²) in [5, 5.41) is 0.310. The molecule has 0 aromatic heterocycles. The lowest BCUT2D eigenvalue weighted by Gasteiger charge is -2.49. The van der Waals surface area contributed by atoms with Gasteiger partial charge in [-0.2, -0.15) is 0 Å². The number of fused-ring (bicyclic) bond motifs is 3. The highest BCUT2D eigenvalue weighted by Gasteiger charge is 2.62. The van der Waals surface area contributed by atoms with Crippen LogP contribution in [0.1, 0.15) is 12.0 Å². The number of primary amides is 1. The van der Waals surface area contributed by atoms with Gasteiger partial charge >= 0.3 is 0 Å². The maximum atomic E-state index is 15.0. The number of amides is 1. The van der Waals surface area contributed by atoms with Gasteiger partial charge in [0.05, 0.1) is 23.0 Å². The Hall–Kier alpha value is -2.23. The van der Waals surface area contributed by atoms with Crippen LogP contribution in [0.5, 0.6) is 5.75 Å². The zero-order valence-corrected chi connectivity index (χ0v) is 16.5. The lowest BCUT2D eigenvalue weighted by atomic mass is 9.75. The molecule has 0 radical (unpaired) electrons. The number of nitrogens with two attached hydrogens (primary N) is 1. The Bertz CT molecular complexity index is 1090. The zero-order valence-electron chi connectivity index (χ0n) is 14.9. The van der Waals surface area contributed by atoms with Crippen LogP contribution in [-0.2, 0) is 24.1 Å². The van der Waals surface area contributed by atoms with Gasteiger partial charge in [0.1, 0.15) is 16.7 Å². The molecule has 2 N–H and O–H groups in total. The molecule has 0 bridgehead atoms. The number of hydrogen-bond acceptors (Lipinski definition) is 5. The van der Waals surface area contributed by atoms with Crippen LogP contribution in [0.15, 0.2) is 41.3 Å². The highest BCUT2D eigenvalue weighted by molar-refractivity contribution is 7.92. The Morgan fingerprint density at radius 3 is 2.45 bits per heavy atom. The van der Waals surface area contributed by atoms with E-state index in [9.17, 15) is 17.6 Å². The highest BCUT2D eigenvalue weighted by Crippen LogP contribution is 2.55. The van der Waals surface area contributed by atoms with E-state index in [1.807, 2.05) is 0 Å². The van der Waals surface area contributed by atoms with Crippen LogP contribution in [0.3, 0.4) is 0 Å². The molecule has 0 spiro atoms. The molecule has 1 saturated heterocycles. The molecule has 1 amide bonds. The number of halogens is 3. The largest absolute Gasteiger partial charge is 0.490 e. The lowest BCUT2D eigenvalue weighted by molar-refractivity contribution is -0.143. The van der Waals surface area contributed by atoms with Crippen molar-refractivity contribution < 1.29 is 31.5 Å². The van der Waals surface area contributed by atoms with Crippen molar-refractivity contribution >= 4 is 27.3 Å². The first-order valence-corrected chi connectivity index (χ1v) is 10.6. The minimum absolute atomic E-state index is 0.145. The molecule has 29 heavy (non-hydrogen) atoms. The van der Waals surface area contributed by atoms with Gasteiger partial charge in [0.25, 0.3) is 0 Å². The number of benzene rings is 2. The zero-order chi connectivity index (χ0) is 21.0. The summed E-state index contributed by atoms with van der Waals surface area (Å²) in [6.45, 7) is -0.569. The number of carbonyl (C=O) groups is 1. The molecule has 4 rings (SSSR count). The Morgan fingerprint density at radius 2 is 1.79 bits per heavy atom. The SMILES string of the molecule is NC(=O)[C@@H]1OCC[C@@]2(S(=O)(=O)c3ccc(Cl)cc3)c3c(F)ccc(F)c3OC[C@@H]12. The molecule has 1 fully saturated rings. The Morgan fingerprint density at radius 1 is 1.14 bits per heavy atom. The van der Waals surface area contributed by atoms with Crippen LogP contribution in [0, 0.1) is 17.6 Å². The molecule has 2 aliphatic heterocycles. The van der Waals surface area contributed by atoms with E-state index >= 15 is 4.39 Å². The van der Waals surface area contributed by atoms with Crippen molar-refractivity contribution in [3.8, 4) is 5.75 Å². The molecule has 6 nitrogen and oxygen atoms in total. The van der Waals surface area contributed by atoms with E-state index in [2.05, 4.69) is 0 Å². The van der Waals surface area contributed by atoms with Crippen LogP contribution < -0.4 is 10.5 Å². The van der Waals surface area contributed by atoms with Crippen molar-refractivity contribution in [3.05, 3.63) is 58.6 Å². The number of carbonyl (C=O) groups excluding carboxylic acids is 1. The van der Waals surface area contributed by atoms with Gasteiger partial charge in [0.2, 0.25) is 5.91 Å². The molecule has 154 valence electrons. The van der Waals surface area contributed by atoms with Gasteiger partial charge in [0.15, 0.2) is 21.4 Å². The maximum absolute atomic E-state index is 15.0. The standard InChI is InChI=1S/C19H16ClF2NO5S/c20-10-1-3-11(4-2-10)29(25,26)19-7-8-27-16(18(23)24)12(19)9-28-17-14(22)6-5-13(21)15(17)19/h1-6,12,16H,7-9H2,(H2,23,24)/t12-,16+,19-/m0/s1. The van der Waals surface area contributed by atoms with E-state index in [0.717, 1.165) is 12.1 Å². The number of ether oxygens (including phenoxy) is 2. The molecular formula is C19H16ClF2NO5S. The molecule has 0 saturated carbocycles. The third-order valence-corrected chi connectivity index (χ3v) is 8.32. The fourth-order valence-electron chi connectivity index (χ4n) is 4.23. The smallest absolute Gasteiger partial charge is 0.247 e. The molecule has 2 aromatic rings. The van der Waals surface area contributed by atoms with Crippen molar-refractivity contribution in [3.63, 3.8) is 0 Å². The van der Waals surface area contributed by atoms with Crippen molar-refractivity contribution in [1.82, 2.24) is 0 Å². The Labute approximate surface area is 170 Å². The molecule has 2 heterocycles. The van der Waals surface area contributed by atoms with Crippen molar-refractivity contribution in [1.29, 1.82) is 0 Å².